The molecule has 25 heavy (non-hydrogen) atoms. The van der Waals surface area contributed by atoms with Gasteiger partial charge >= 0.3 is 0 Å². The number of aryl methyl sites for hydroxylation is 1. The Morgan fingerprint density at radius 3 is 2.72 bits per heavy atom. The summed E-state index contributed by atoms with van der Waals surface area (Å²) in [5.41, 5.74) is 7.47. The van der Waals surface area contributed by atoms with Gasteiger partial charge in [-0.05, 0) is 68.4 Å². The van der Waals surface area contributed by atoms with Crippen molar-refractivity contribution in [2.24, 2.45) is 11.1 Å². The zero-order valence-electron chi connectivity index (χ0n) is 15.5. The summed E-state index contributed by atoms with van der Waals surface area (Å²) < 4.78 is 20.7. The Balaban J connectivity index is 1.77. The van der Waals surface area contributed by atoms with Crippen molar-refractivity contribution in [3.8, 4) is 5.75 Å². The van der Waals surface area contributed by atoms with E-state index in [1.807, 2.05) is 13.0 Å². The van der Waals surface area contributed by atoms with Crippen LogP contribution in [0.1, 0.15) is 57.9 Å². The fraction of sp³-hybridized carbons (Fsp3) is 0.571. The van der Waals surface area contributed by atoms with E-state index in [0.29, 0.717) is 5.75 Å². The van der Waals surface area contributed by atoms with Crippen molar-refractivity contribution < 1.29 is 9.13 Å². The number of aromatic nitrogens is 1. The number of nitrogens with zero attached hydrogens (tertiary/aromatic N) is 1. The minimum absolute atomic E-state index is 0.0659. The van der Waals surface area contributed by atoms with Crippen molar-refractivity contribution in [2.45, 2.75) is 71.4 Å². The molecule has 4 heteroatoms. The lowest BCUT2D eigenvalue weighted by atomic mass is 9.66. The Hall–Kier alpha value is -1.68. The fourth-order valence-electron chi connectivity index (χ4n) is 4.38. The van der Waals surface area contributed by atoms with Gasteiger partial charge in [-0.2, -0.15) is 0 Å². The molecule has 1 aliphatic rings. The van der Waals surface area contributed by atoms with Crippen molar-refractivity contribution in [1.29, 1.82) is 0 Å². The molecule has 1 aliphatic carbocycles. The lowest BCUT2D eigenvalue weighted by molar-refractivity contribution is 0.0545. The number of pyridine rings is 1. The first-order valence-electron chi connectivity index (χ1n) is 9.45. The van der Waals surface area contributed by atoms with Crippen LogP contribution < -0.4 is 10.5 Å². The number of rotatable bonds is 5. The van der Waals surface area contributed by atoms with Crippen molar-refractivity contribution in [2.75, 3.05) is 0 Å². The Labute approximate surface area is 149 Å². The lowest BCUT2D eigenvalue weighted by Crippen LogP contribution is -2.45. The van der Waals surface area contributed by atoms with Crippen molar-refractivity contribution >= 4 is 10.8 Å². The molecule has 136 valence electrons. The molecule has 0 amide bonds. The molecule has 0 spiro atoms. The molecule has 0 radical (unpaired) electrons. The van der Waals surface area contributed by atoms with Crippen molar-refractivity contribution in [1.82, 2.24) is 4.98 Å². The van der Waals surface area contributed by atoms with Crippen LogP contribution in [0.3, 0.4) is 0 Å². The molecule has 3 rings (SSSR count). The first kappa shape index (κ1) is 18.1. The van der Waals surface area contributed by atoms with E-state index >= 15 is 0 Å². The SMILES string of the molecule is CCC(N)[C@]1(CC)CC[C@H](Oc2c(F)cc3cnccc3c2C)CC1. The average molecular weight is 344 g/mol. The number of hydrogen-bond donors (Lipinski definition) is 1. The molecular formula is C21H29FN2O. The number of halogens is 1. The minimum Gasteiger partial charge on any atom is -0.487 e. The van der Waals surface area contributed by atoms with E-state index in [1.54, 1.807) is 12.4 Å². The second-order valence-corrected chi connectivity index (χ2v) is 7.46. The van der Waals surface area contributed by atoms with Crippen LogP contribution in [0.5, 0.6) is 5.75 Å². The highest BCUT2D eigenvalue weighted by molar-refractivity contribution is 5.86. The zero-order chi connectivity index (χ0) is 18.0. The summed E-state index contributed by atoms with van der Waals surface area (Å²) in [6.07, 6.45) is 9.59. The molecule has 1 aromatic heterocycles. The molecule has 3 nitrogen and oxygen atoms in total. The second kappa shape index (κ2) is 7.28. The predicted octanol–water partition coefficient (Wildman–Crippen LogP) is 5.14. The molecule has 1 fully saturated rings. The van der Waals surface area contributed by atoms with Gasteiger partial charge in [-0.25, -0.2) is 4.39 Å². The summed E-state index contributed by atoms with van der Waals surface area (Å²) in [7, 11) is 0. The van der Waals surface area contributed by atoms with Crippen LogP contribution in [0.4, 0.5) is 4.39 Å². The first-order valence-corrected chi connectivity index (χ1v) is 9.45. The van der Waals surface area contributed by atoms with E-state index in [9.17, 15) is 4.39 Å². The molecule has 2 N–H and O–H groups in total. The molecule has 1 unspecified atom stereocenters. The summed E-state index contributed by atoms with van der Waals surface area (Å²) in [4.78, 5) is 4.07. The van der Waals surface area contributed by atoms with Crippen LogP contribution in [0.25, 0.3) is 10.8 Å². The number of ether oxygens (including phenoxy) is 1. The van der Waals surface area contributed by atoms with Gasteiger partial charge in [0.2, 0.25) is 0 Å². The van der Waals surface area contributed by atoms with E-state index in [4.69, 9.17) is 10.5 Å². The van der Waals surface area contributed by atoms with Crippen LogP contribution >= 0.6 is 0 Å². The predicted molar refractivity (Wildman–Crippen MR) is 100 cm³/mol. The Morgan fingerprint density at radius 2 is 2.08 bits per heavy atom. The quantitative estimate of drug-likeness (QED) is 0.817. The van der Waals surface area contributed by atoms with Gasteiger partial charge in [0.1, 0.15) is 0 Å². The average Bonchev–Trinajstić information content (AvgIpc) is 2.65. The number of nitrogens with two attached hydrogens (primary N) is 1. The first-order chi connectivity index (χ1) is 12.0. The maximum absolute atomic E-state index is 14.6. The van der Waals surface area contributed by atoms with E-state index < -0.39 is 0 Å². The number of benzene rings is 1. The van der Waals surface area contributed by atoms with E-state index in [-0.39, 0.29) is 23.4 Å². The van der Waals surface area contributed by atoms with E-state index in [0.717, 1.165) is 54.9 Å². The molecule has 1 saturated carbocycles. The van der Waals surface area contributed by atoms with Gasteiger partial charge in [-0.3, -0.25) is 4.98 Å². The minimum atomic E-state index is -0.296. The standard InChI is InChI=1S/C21H29FN2O/c1-4-19(23)21(5-2)9-6-16(7-10-21)25-20-14(3)17-8-11-24-13-15(17)12-18(20)22/h8,11-13,16,19H,4-7,9-10,23H2,1-3H3/t16-,19?,21+. The Kier molecular flexibility index (Phi) is 5.28. The van der Waals surface area contributed by atoms with Gasteiger partial charge < -0.3 is 10.5 Å². The Morgan fingerprint density at radius 1 is 1.36 bits per heavy atom. The van der Waals surface area contributed by atoms with Gasteiger partial charge in [-0.15, -0.1) is 0 Å². The monoisotopic (exact) mass is 344 g/mol. The highest BCUT2D eigenvalue weighted by atomic mass is 19.1. The topological polar surface area (TPSA) is 48.1 Å². The summed E-state index contributed by atoms with van der Waals surface area (Å²) in [6, 6.07) is 3.68. The maximum Gasteiger partial charge on any atom is 0.166 e. The van der Waals surface area contributed by atoms with Crippen LogP contribution in [-0.2, 0) is 0 Å². The van der Waals surface area contributed by atoms with Crippen molar-refractivity contribution in [3.05, 3.63) is 35.9 Å². The molecule has 2 aromatic rings. The fourth-order valence-corrected chi connectivity index (χ4v) is 4.38. The summed E-state index contributed by atoms with van der Waals surface area (Å²) in [5.74, 6) is 0.100. The molecule has 1 atom stereocenters. The normalized spacial score (nSPS) is 25.1. The van der Waals surface area contributed by atoms with Crippen molar-refractivity contribution in [3.63, 3.8) is 0 Å². The van der Waals surface area contributed by atoms with Gasteiger partial charge in [0.15, 0.2) is 11.6 Å². The third kappa shape index (κ3) is 3.37. The number of fused-ring (bicyclic) bond motifs is 1. The third-order valence-corrected chi connectivity index (χ3v) is 6.24. The van der Waals surface area contributed by atoms with Gasteiger partial charge in [0.05, 0.1) is 6.10 Å². The maximum atomic E-state index is 14.6. The number of hydrogen-bond acceptors (Lipinski definition) is 3. The second-order valence-electron chi connectivity index (χ2n) is 7.46. The molecule has 1 aromatic carbocycles. The van der Waals surface area contributed by atoms with E-state index in [2.05, 4.69) is 18.8 Å². The third-order valence-electron chi connectivity index (χ3n) is 6.24. The Bertz CT molecular complexity index is 738. The molecule has 1 heterocycles. The van der Waals surface area contributed by atoms with Gasteiger partial charge in [0.25, 0.3) is 0 Å². The van der Waals surface area contributed by atoms with E-state index in [1.165, 1.54) is 6.07 Å². The summed E-state index contributed by atoms with van der Waals surface area (Å²) in [5, 5.41) is 1.81. The molecule has 0 saturated heterocycles. The van der Waals surface area contributed by atoms with Crippen LogP contribution in [-0.4, -0.2) is 17.1 Å². The smallest absolute Gasteiger partial charge is 0.166 e. The van der Waals surface area contributed by atoms with Gasteiger partial charge in [0, 0.05) is 29.4 Å². The summed E-state index contributed by atoms with van der Waals surface area (Å²) >= 11 is 0. The molecular weight excluding hydrogens is 315 g/mol. The highest BCUT2D eigenvalue weighted by Crippen LogP contribution is 2.44. The van der Waals surface area contributed by atoms with Gasteiger partial charge in [-0.1, -0.05) is 13.8 Å². The zero-order valence-corrected chi connectivity index (χ0v) is 15.5. The molecule has 0 bridgehead atoms. The van der Waals surface area contributed by atoms with Crippen LogP contribution in [0.2, 0.25) is 0 Å². The lowest BCUT2D eigenvalue weighted by Gasteiger charge is -2.43. The van der Waals surface area contributed by atoms with Crippen LogP contribution in [0, 0.1) is 18.2 Å². The van der Waals surface area contributed by atoms with Crippen LogP contribution in [0.15, 0.2) is 24.5 Å². The molecule has 0 aliphatic heterocycles. The highest BCUT2D eigenvalue weighted by Gasteiger charge is 2.38. The summed E-state index contributed by atoms with van der Waals surface area (Å²) in [6.45, 7) is 6.32. The largest absolute Gasteiger partial charge is 0.487 e.